The van der Waals surface area contributed by atoms with Gasteiger partial charge in [0.25, 0.3) is 5.91 Å². The fraction of sp³-hybridized carbons (Fsp3) is 0.310. The molecule has 1 amide bonds. The molecular formula is C29H31F6N5O6. The smallest absolute Gasteiger partial charge is 0.490 e. The molecular weight excluding hydrogens is 628 g/mol. The molecule has 2 aromatic heterocycles. The zero-order valence-corrected chi connectivity index (χ0v) is 25.0. The molecule has 0 radical (unpaired) electrons. The Labute approximate surface area is 258 Å². The summed E-state index contributed by atoms with van der Waals surface area (Å²) in [5, 5.41) is 22.2. The quantitative estimate of drug-likeness (QED) is 0.221. The van der Waals surface area contributed by atoms with Gasteiger partial charge in [0.1, 0.15) is 11.4 Å². The van der Waals surface area contributed by atoms with Gasteiger partial charge in [-0.05, 0) is 49.5 Å². The number of H-pyrrole nitrogens is 1. The SMILES string of the molecule is COc1cccc(CN(C)C(=O)c2cc3ccc(-c4cn[nH]c4)cc3n2CCN(C)C)c1.O=C(O)C(F)(F)F.O=C(O)C(F)(F)F. The molecule has 250 valence electrons. The molecule has 0 fully saturated rings. The van der Waals surface area contributed by atoms with Gasteiger partial charge in [0.05, 0.1) is 13.3 Å². The third-order valence-corrected chi connectivity index (χ3v) is 6.11. The number of aromatic amines is 1. The highest BCUT2D eigenvalue weighted by Gasteiger charge is 2.38. The first-order chi connectivity index (χ1) is 21.3. The minimum Gasteiger partial charge on any atom is -0.497 e. The van der Waals surface area contributed by atoms with Gasteiger partial charge in [-0.3, -0.25) is 9.89 Å². The van der Waals surface area contributed by atoms with Crippen LogP contribution in [0.5, 0.6) is 5.75 Å². The number of alkyl halides is 6. The summed E-state index contributed by atoms with van der Waals surface area (Å²) < 4.78 is 70.9. The number of carboxylic acid groups (broad SMARTS) is 2. The van der Waals surface area contributed by atoms with Crippen molar-refractivity contribution < 1.29 is 55.7 Å². The number of carbonyl (C=O) groups excluding carboxylic acids is 1. The van der Waals surface area contributed by atoms with Crippen molar-refractivity contribution in [2.24, 2.45) is 0 Å². The second-order valence-electron chi connectivity index (χ2n) is 9.86. The number of aromatic nitrogens is 3. The first kappa shape index (κ1) is 37.1. The monoisotopic (exact) mass is 659 g/mol. The van der Waals surface area contributed by atoms with Crippen molar-refractivity contribution in [2.75, 3.05) is 34.8 Å². The molecule has 11 nitrogen and oxygen atoms in total. The molecule has 0 aliphatic rings. The van der Waals surface area contributed by atoms with Gasteiger partial charge < -0.3 is 29.3 Å². The average molecular weight is 660 g/mol. The fourth-order valence-corrected chi connectivity index (χ4v) is 3.87. The zero-order chi connectivity index (χ0) is 34.8. The van der Waals surface area contributed by atoms with E-state index in [1.165, 1.54) is 0 Å². The summed E-state index contributed by atoms with van der Waals surface area (Å²) in [4.78, 5) is 35.2. The number of carbonyl (C=O) groups is 3. The van der Waals surface area contributed by atoms with E-state index in [1.54, 1.807) is 12.0 Å². The molecule has 0 saturated heterocycles. The van der Waals surface area contributed by atoms with Gasteiger partial charge in [-0.2, -0.15) is 31.4 Å². The molecule has 46 heavy (non-hydrogen) atoms. The van der Waals surface area contributed by atoms with Crippen molar-refractivity contribution in [1.29, 1.82) is 0 Å². The number of hydrogen-bond donors (Lipinski definition) is 3. The van der Waals surface area contributed by atoms with Crippen LogP contribution in [-0.2, 0) is 22.7 Å². The first-order valence-corrected chi connectivity index (χ1v) is 13.1. The lowest BCUT2D eigenvalue weighted by Gasteiger charge is -2.20. The molecule has 0 bridgehead atoms. The third kappa shape index (κ3) is 10.8. The van der Waals surface area contributed by atoms with E-state index in [0.29, 0.717) is 12.2 Å². The Morgan fingerprint density at radius 1 is 0.913 bits per heavy atom. The topological polar surface area (TPSA) is 141 Å². The number of fused-ring (bicyclic) bond motifs is 1. The van der Waals surface area contributed by atoms with Crippen LogP contribution >= 0.6 is 0 Å². The van der Waals surface area contributed by atoms with Gasteiger partial charge in [-0.25, -0.2) is 9.59 Å². The molecule has 4 aromatic rings. The average Bonchev–Trinajstić information content (AvgIpc) is 3.63. The van der Waals surface area contributed by atoms with Crippen molar-refractivity contribution in [3.8, 4) is 16.9 Å². The van der Waals surface area contributed by atoms with E-state index in [2.05, 4.69) is 37.9 Å². The minimum atomic E-state index is -5.08. The molecule has 17 heteroatoms. The molecule has 0 aliphatic carbocycles. The summed E-state index contributed by atoms with van der Waals surface area (Å²) >= 11 is 0. The number of benzene rings is 2. The van der Waals surface area contributed by atoms with Crippen LogP contribution in [0.25, 0.3) is 22.0 Å². The Balaban J connectivity index is 0.000000440. The number of nitrogens with one attached hydrogen (secondary N) is 1. The number of nitrogens with zero attached hydrogens (tertiary/aromatic N) is 4. The van der Waals surface area contributed by atoms with E-state index >= 15 is 0 Å². The maximum absolute atomic E-state index is 13.5. The van der Waals surface area contributed by atoms with Crippen LogP contribution in [0.3, 0.4) is 0 Å². The highest BCUT2D eigenvalue weighted by Crippen LogP contribution is 2.28. The van der Waals surface area contributed by atoms with E-state index in [1.807, 2.05) is 63.9 Å². The number of halogens is 6. The molecule has 0 unspecified atom stereocenters. The molecule has 0 atom stereocenters. The van der Waals surface area contributed by atoms with Gasteiger partial charge in [0.15, 0.2) is 0 Å². The maximum atomic E-state index is 13.5. The highest BCUT2D eigenvalue weighted by molar-refractivity contribution is 5.99. The van der Waals surface area contributed by atoms with Crippen LogP contribution in [0.1, 0.15) is 16.1 Å². The predicted molar refractivity (Wildman–Crippen MR) is 154 cm³/mol. The standard InChI is InChI=1S/C25H29N5O2.2C2HF3O2/c1-28(2)10-11-30-23-13-19(21-15-26-27-16-21)8-9-20(23)14-24(30)25(31)29(3)17-18-6-5-7-22(12-18)32-4;2*3-2(4,5)1(6)7/h5-9,12-16H,10-11,17H2,1-4H3,(H,26,27);2*(H,6,7). The number of likely N-dealkylation sites (N-methyl/N-ethyl adjacent to an activating group) is 1. The van der Waals surface area contributed by atoms with Crippen molar-refractivity contribution in [3.63, 3.8) is 0 Å². The summed E-state index contributed by atoms with van der Waals surface area (Å²) in [6.45, 7) is 2.06. The molecule has 0 aliphatic heterocycles. The lowest BCUT2D eigenvalue weighted by molar-refractivity contribution is -0.193. The van der Waals surface area contributed by atoms with Gasteiger partial charge in [-0.1, -0.05) is 24.3 Å². The summed E-state index contributed by atoms with van der Waals surface area (Å²) in [6, 6.07) is 16.1. The number of rotatable bonds is 8. The second kappa shape index (κ2) is 15.8. The van der Waals surface area contributed by atoms with E-state index in [9.17, 15) is 31.1 Å². The van der Waals surface area contributed by atoms with Crippen molar-refractivity contribution in [2.45, 2.75) is 25.4 Å². The first-order valence-electron chi connectivity index (χ1n) is 13.1. The minimum absolute atomic E-state index is 0.00682. The van der Waals surface area contributed by atoms with Gasteiger partial charge >= 0.3 is 24.3 Å². The number of methoxy groups -OCH3 is 1. The summed E-state index contributed by atoms with van der Waals surface area (Å²) in [5.74, 6) is -4.73. The van der Waals surface area contributed by atoms with Gasteiger partial charge in [0.2, 0.25) is 0 Å². The Bertz CT molecular complexity index is 1590. The van der Waals surface area contributed by atoms with Gasteiger partial charge in [-0.15, -0.1) is 0 Å². The number of ether oxygens (including phenoxy) is 1. The fourth-order valence-electron chi connectivity index (χ4n) is 3.87. The zero-order valence-electron chi connectivity index (χ0n) is 25.0. The highest BCUT2D eigenvalue weighted by atomic mass is 19.4. The Morgan fingerprint density at radius 2 is 1.52 bits per heavy atom. The summed E-state index contributed by atoms with van der Waals surface area (Å²) in [6.07, 6.45) is -6.48. The lowest BCUT2D eigenvalue weighted by Crippen LogP contribution is -2.29. The Kier molecular flexibility index (Phi) is 12.7. The molecule has 0 saturated carbocycles. The largest absolute Gasteiger partial charge is 0.497 e. The maximum Gasteiger partial charge on any atom is 0.490 e. The van der Waals surface area contributed by atoms with E-state index in [4.69, 9.17) is 24.5 Å². The third-order valence-electron chi connectivity index (χ3n) is 6.11. The van der Waals surface area contributed by atoms with Crippen LogP contribution < -0.4 is 4.74 Å². The van der Waals surface area contributed by atoms with Crippen LogP contribution in [0.4, 0.5) is 26.3 Å². The Morgan fingerprint density at radius 3 is 2.02 bits per heavy atom. The molecule has 2 aromatic carbocycles. The Hall–Kier alpha value is -5.06. The van der Waals surface area contributed by atoms with E-state index in [0.717, 1.165) is 46.4 Å². The predicted octanol–water partition coefficient (Wildman–Crippen LogP) is 5.14. The number of hydrogen-bond acceptors (Lipinski definition) is 6. The van der Waals surface area contributed by atoms with E-state index < -0.39 is 24.3 Å². The van der Waals surface area contributed by atoms with Crippen LogP contribution in [-0.4, -0.2) is 99.8 Å². The number of aliphatic carboxylic acids is 2. The molecule has 2 heterocycles. The van der Waals surface area contributed by atoms with Crippen molar-refractivity contribution in [1.82, 2.24) is 24.6 Å². The molecule has 3 N–H and O–H groups in total. The summed E-state index contributed by atoms with van der Waals surface area (Å²) in [5.41, 5.74) is 4.85. The number of carboxylic acids is 2. The number of amides is 1. The molecule has 4 rings (SSSR count). The second-order valence-corrected chi connectivity index (χ2v) is 9.86. The lowest BCUT2D eigenvalue weighted by atomic mass is 10.1. The van der Waals surface area contributed by atoms with Crippen LogP contribution in [0.15, 0.2) is 60.9 Å². The molecule has 0 spiro atoms. The van der Waals surface area contributed by atoms with Crippen LogP contribution in [0.2, 0.25) is 0 Å². The van der Waals surface area contributed by atoms with Crippen LogP contribution in [0, 0.1) is 0 Å². The summed E-state index contributed by atoms with van der Waals surface area (Å²) in [7, 11) is 7.57. The van der Waals surface area contributed by atoms with Gasteiger partial charge in [0, 0.05) is 49.3 Å². The van der Waals surface area contributed by atoms with Crippen molar-refractivity contribution >= 4 is 28.7 Å². The van der Waals surface area contributed by atoms with E-state index in [-0.39, 0.29) is 5.91 Å². The normalized spacial score (nSPS) is 11.3. The van der Waals surface area contributed by atoms with Crippen molar-refractivity contribution in [3.05, 3.63) is 72.2 Å².